The molecule has 0 spiro atoms. The van der Waals surface area contributed by atoms with E-state index in [0.717, 1.165) is 64.2 Å². The Hall–Kier alpha value is -6.58. The van der Waals surface area contributed by atoms with Gasteiger partial charge < -0.3 is 24.1 Å². The molecule has 12 heteroatoms. The van der Waals surface area contributed by atoms with Crippen molar-refractivity contribution in [2.24, 2.45) is 0 Å². The lowest BCUT2D eigenvalue weighted by Gasteiger charge is -2.35. The fourth-order valence-electron chi connectivity index (χ4n) is 8.25. The van der Waals surface area contributed by atoms with Gasteiger partial charge in [0.1, 0.15) is 36.3 Å². The van der Waals surface area contributed by atoms with Crippen LogP contribution in [0.25, 0.3) is 32.9 Å². The highest BCUT2D eigenvalue weighted by atomic mass is 16.5. The van der Waals surface area contributed by atoms with E-state index in [4.69, 9.17) is 14.2 Å². The standard InChI is InChI=1S/C45H38N6O6/c52-42-11-10-41(44(53)50-42)51-25-30-16-26(3-8-36(30)45(51)54)29-17-33(18-29)55-15-1-2-31-6-7-32(23-47-31)56-34-20-35(21-34)57-43-12-5-28(22-48-43)27-4-9-37-38-24-46-14-13-39(38)49-40(37)19-27/h3-9,12-14,16,19,22-24,29,33-35,41,49H,10-11,15,17-18,20-21,25H2,(H,50,52,53). The Balaban J connectivity index is 0.643. The average Bonchev–Trinajstić information content (AvgIpc) is 3.73. The first-order valence-electron chi connectivity index (χ1n) is 19.4. The van der Waals surface area contributed by atoms with Crippen LogP contribution in [0, 0.1) is 11.8 Å². The molecule has 1 atom stereocenters. The molecule has 4 aromatic heterocycles. The summed E-state index contributed by atoms with van der Waals surface area (Å²) in [5, 5.41) is 4.62. The Morgan fingerprint density at radius 3 is 2.49 bits per heavy atom. The predicted molar refractivity (Wildman–Crippen MR) is 210 cm³/mol. The summed E-state index contributed by atoms with van der Waals surface area (Å²) in [5.74, 6) is 6.96. The zero-order valence-corrected chi connectivity index (χ0v) is 30.9. The van der Waals surface area contributed by atoms with Crippen LogP contribution in [0.3, 0.4) is 0 Å². The van der Waals surface area contributed by atoms with E-state index in [1.807, 2.05) is 54.9 Å². The van der Waals surface area contributed by atoms with Gasteiger partial charge in [-0.25, -0.2) is 9.97 Å². The highest BCUT2D eigenvalue weighted by molar-refractivity contribution is 6.08. The molecule has 2 aliphatic carbocycles. The van der Waals surface area contributed by atoms with E-state index < -0.39 is 11.9 Å². The molecule has 12 nitrogen and oxygen atoms in total. The van der Waals surface area contributed by atoms with Gasteiger partial charge in [0.15, 0.2) is 0 Å². The number of fused-ring (bicyclic) bond motifs is 4. The Bertz CT molecular complexity index is 2600. The number of imide groups is 1. The lowest BCUT2D eigenvalue weighted by Crippen LogP contribution is -2.52. The van der Waals surface area contributed by atoms with Crippen LogP contribution in [0.4, 0.5) is 0 Å². The van der Waals surface area contributed by atoms with Crippen LogP contribution in [0.15, 0.2) is 91.5 Å². The van der Waals surface area contributed by atoms with Gasteiger partial charge in [-0.1, -0.05) is 30.2 Å². The number of ether oxygens (including phenoxy) is 3. The summed E-state index contributed by atoms with van der Waals surface area (Å²) in [5.41, 5.74) is 7.63. The van der Waals surface area contributed by atoms with E-state index >= 15 is 0 Å². The van der Waals surface area contributed by atoms with Crippen LogP contribution in [0.2, 0.25) is 0 Å². The van der Waals surface area contributed by atoms with Crippen molar-refractivity contribution in [3.05, 3.63) is 114 Å². The van der Waals surface area contributed by atoms with E-state index in [2.05, 4.69) is 61.4 Å². The Kier molecular flexibility index (Phi) is 8.87. The molecule has 284 valence electrons. The number of carbonyl (C=O) groups is 3. The van der Waals surface area contributed by atoms with Crippen molar-refractivity contribution < 1.29 is 28.6 Å². The van der Waals surface area contributed by atoms with Crippen LogP contribution in [-0.4, -0.2) is 73.5 Å². The largest absolute Gasteiger partial charge is 0.489 e. The molecular formula is C45H38N6O6. The minimum absolute atomic E-state index is 0.0469. The summed E-state index contributed by atoms with van der Waals surface area (Å²) in [6, 6.07) is 21.4. The third-order valence-electron chi connectivity index (χ3n) is 11.6. The van der Waals surface area contributed by atoms with Crippen molar-refractivity contribution in [1.29, 1.82) is 0 Å². The molecule has 1 saturated heterocycles. The summed E-state index contributed by atoms with van der Waals surface area (Å²) in [6.07, 6.45) is 11.4. The van der Waals surface area contributed by atoms with E-state index in [-0.39, 0.29) is 36.5 Å². The van der Waals surface area contributed by atoms with Crippen molar-refractivity contribution in [2.45, 2.75) is 75.3 Å². The first-order chi connectivity index (χ1) is 27.9. The van der Waals surface area contributed by atoms with Gasteiger partial charge in [-0.05, 0) is 84.2 Å². The molecular weight excluding hydrogens is 721 g/mol. The second-order valence-corrected chi connectivity index (χ2v) is 15.2. The number of aromatic nitrogens is 4. The maximum absolute atomic E-state index is 13.0. The number of nitrogens with zero attached hydrogens (tertiary/aromatic N) is 4. The lowest BCUT2D eigenvalue weighted by atomic mass is 9.77. The molecule has 1 unspecified atom stereocenters. The van der Waals surface area contributed by atoms with Crippen LogP contribution >= 0.6 is 0 Å². The van der Waals surface area contributed by atoms with Crippen molar-refractivity contribution in [2.75, 3.05) is 6.61 Å². The van der Waals surface area contributed by atoms with Gasteiger partial charge in [-0.15, -0.1) is 0 Å². The van der Waals surface area contributed by atoms with E-state index in [1.54, 1.807) is 17.3 Å². The van der Waals surface area contributed by atoms with Crippen LogP contribution in [-0.2, 0) is 20.9 Å². The summed E-state index contributed by atoms with van der Waals surface area (Å²) >= 11 is 0. The summed E-state index contributed by atoms with van der Waals surface area (Å²) in [4.78, 5) is 55.3. The SMILES string of the molecule is O=C1CCC(N2Cc3cc(C4CC(OCC#Cc5ccc(OC6CC(Oc7ccc(-c8ccc9c(c8)[nH]c8ccncc89)cn7)C6)cn5)C4)ccc3C2=O)C(=O)N1. The number of nitrogens with one attached hydrogen (secondary N) is 2. The van der Waals surface area contributed by atoms with Crippen LogP contribution in [0.1, 0.15) is 71.6 Å². The van der Waals surface area contributed by atoms with Crippen molar-refractivity contribution >= 4 is 39.5 Å². The van der Waals surface area contributed by atoms with Crippen molar-refractivity contribution in [3.63, 3.8) is 0 Å². The van der Waals surface area contributed by atoms with Crippen molar-refractivity contribution in [3.8, 4) is 34.6 Å². The molecule has 2 N–H and O–H groups in total. The molecule has 57 heavy (non-hydrogen) atoms. The maximum atomic E-state index is 13.0. The van der Waals surface area contributed by atoms with Crippen molar-refractivity contribution in [1.82, 2.24) is 30.2 Å². The minimum atomic E-state index is -0.606. The molecule has 3 amide bonds. The third kappa shape index (κ3) is 6.95. The summed E-state index contributed by atoms with van der Waals surface area (Å²) in [6.45, 7) is 0.698. The number of hydrogen-bond acceptors (Lipinski definition) is 9. The van der Waals surface area contributed by atoms with Gasteiger partial charge in [-0.2, -0.15) is 0 Å². The molecule has 6 heterocycles. The zero-order valence-electron chi connectivity index (χ0n) is 30.9. The first-order valence-corrected chi connectivity index (χ1v) is 19.4. The second kappa shape index (κ2) is 14.5. The Morgan fingerprint density at radius 2 is 1.67 bits per heavy atom. The minimum Gasteiger partial charge on any atom is -0.489 e. The number of piperidine rings is 1. The summed E-state index contributed by atoms with van der Waals surface area (Å²) in [7, 11) is 0. The monoisotopic (exact) mass is 758 g/mol. The molecule has 6 aromatic rings. The quantitative estimate of drug-likeness (QED) is 0.129. The number of amides is 3. The fourth-order valence-corrected chi connectivity index (χ4v) is 8.25. The topological polar surface area (TPSA) is 149 Å². The number of pyridine rings is 3. The van der Waals surface area contributed by atoms with Crippen LogP contribution < -0.4 is 14.8 Å². The molecule has 0 radical (unpaired) electrons. The average molecular weight is 759 g/mol. The zero-order chi connectivity index (χ0) is 38.5. The Labute approximate surface area is 328 Å². The van der Waals surface area contributed by atoms with Gasteiger partial charge in [0, 0.05) is 83.4 Å². The first kappa shape index (κ1) is 34.9. The third-order valence-corrected chi connectivity index (χ3v) is 11.6. The molecule has 2 saturated carbocycles. The maximum Gasteiger partial charge on any atom is 0.255 e. The molecule has 2 aromatic carbocycles. The van der Waals surface area contributed by atoms with E-state index in [1.165, 1.54) is 5.56 Å². The van der Waals surface area contributed by atoms with Crippen LogP contribution in [0.5, 0.6) is 11.6 Å². The van der Waals surface area contributed by atoms with Gasteiger partial charge in [-0.3, -0.25) is 24.7 Å². The number of benzene rings is 2. The lowest BCUT2D eigenvalue weighted by molar-refractivity contribution is -0.136. The van der Waals surface area contributed by atoms with Gasteiger partial charge in [0.2, 0.25) is 17.7 Å². The highest BCUT2D eigenvalue weighted by Gasteiger charge is 2.40. The van der Waals surface area contributed by atoms with E-state index in [9.17, 15) is 14.4 Å². The second-order valence-electron chi connectivity index (χ2n) is 15.2. The Morgan fingerprint density at radius 1 is 0.789 bits per heavy atom. The van der Waals surface area contributed by atoms with E-state index in [0.29, 0.717) is 48.4 Å². The predicted octanol–water partition coefficient (Wildman–Crippen LogP) is 6.24. The van der Waals surface area contributed by atoms with Gasteiger partial charge in [0.25, 0.3) is 5.91 Å². The number of H-pyrrole nitrogens is 1. The molecule has 2 aliphatic heterocycles. The highest BCUT2D eigenvalue weighted by Crippen LogP contribution is 2.40. The molecule has 4 aliphatic rings. The molecule has 3 fully saturated rings. The number of hydrogen-bond donors (Lipinski definition) is 2. The molecule has 10 rings (SSSR count). The number of aromatic amines is 1. The normalized spacial score (nSPS) is 22.6. The van der Waals surface area contributed by atoms with Gasteiger partial charge in [0.05, 0.1) is 12.3 Å². The number of rotatable bonds is 9. The number of carbonyl (C=O) groups excluding carboxylic acids is 3. The summed E-state index contributed by atoms with van der Waals surface area (Å²) < 4.78 is 18.2. The van der Waals surface area contributed by atoms with Gasteiger partial charge >= 0.3 is 0 Å². The smallest absolute Gasteiger partial charge is 0.255 e. The molecule has 0 bridgehead atoms. The fraction of sp³-hybridized carbons (Fsp3) is 0.289.